The van der Waals surface area contributed by atoms with Crippen molar-refractivity contribution in [2.24, 2.45) is 0 Å². The van der Waals surface area contributed by atoms with Gasteiger partial charge >= 0.3 is 0 Å². The minimum atomic E-state index is -0.367. The van der Waals surface area contributed by atoms with E-state index in [4.69, 9.17) is 9.47 Å². The molecule has 1 aromatic rings. The number of carbonyl (C=O) groups excluding carboxylic acids is 2. The molecule has 2 saturated heterocycles. The van der Waals surface area contributed by atoms with Gasteiger partial charge in [-0.25, -0.2) is 0 Å². The van der Waals surface area contributed by atoms with E-state index in [1.807, 2.05) is 16.7 Å². The largest absolute Gasteiger partial charge is 0.486 e. The van der Waals surface area contributed by atoms with Gasteiger partial charge < -0.3 is 19.3 Å². The molecule has 0 aromatic heterocycles. The average molecular weight is 380 g/mol. The van der Waals surface area contributed by atoms with Crippen molar-refractivity contribution in [3.63, 3.8) is 0 Å². The first-order valence-electron chi connectivity index (χ1n) is 8.39. The molecule has 0 saturated carbocycles. The average Bonchev–Trinajstić information content (AvgIpc) is 3.17. The Balaban J connectivity index is 1.51. The molecule has 1 unspecified atom stereocenters. The van der Waals surface area contributed by atoms with Crippen LogP contribution < -0.4 is 9.47 Å². The van der Waals surface area contributed by atoms with Gasteiger partial charge in [-0.05, 0) is 18.2 Å². The van der Waals surface area contributed by atoms with E-state index >= 15 is 0 Å². The monoisotopic (exact) mass is 380 g/mol. The quantitative estimate of drug-likeness (QED) is 0.776. The molecule has 6 nitrogen and oxygen atoms in total. The van der Waals surface area contributed by atoms with Crippen LogP contribution in [0.4, 0.5) is 0 Å². The van der Waals surface area contributed by atoms with Crippen LogP contribution in [0.25, 0.3) is 0 Å². The van der Waals surface area contributed by atoms with Crippen LogP contribution in [0.2, 0.25) is 0 Å². The second kappa shape index (κ2) is 7.37. The van der Waals surface area contributed by atoms with Gasteiger partial charge in [0.1, 0.15) is 19.3 Å². The van der Waals surface area contributed by atoms with Crippen molar-refractivity contribution in [3.8, 4) is 11.5 Å². The zero-order valence-corrected chi connectivity index (χ0v) is 15.4. The van der Waals surface area contributed by atoms with Gasteiger partial charge in [0.05, 0.1) is 5.88 Å². The molecular formula is C17H20N2O4S2. The van der Waals surface area contributed by atoms with Crippen molar-refractivity contribution >= 4 is 35.3 Å². The lowest BCUT2D eigenvalue weighted by Crippen LogP contribution is -2.51. The first-order chi connectivity index (χ1) is 12.2. The van der Waals surface area contributed by atoms with Gasteiger partial charge in [0, 0.05) is 35.9 Å². The predicted molar refractivity (Wildman–Crippen MR) is 98.6 cm³/mol. The summed E-state index contributed by atoms with van der Waals surface area (Å²) in [6, 6.07) is 4.87. The third kappa shape index (κ3) is 3.42. The highest BCUT2D eigenvalue weighted by molar-refractivity contribution is 7.99. The Morgan fingerprint density at radius 3 is 2.60 bits per heavy atom. The third-order valence-electron chi connectivity index (χ3n) is 4.54. The molecule has 2 fully saturated rings. The highest BCUT2D eigenvalue weighted by Gasteiger charge is 2.38. The number of rotatable bonds is 2. The van der Waals surface area contributed by atoms with Crippen LogP contribution in [-0.4, -0.2) is 77.1 Å². The van der Waals surface area contributed by atoms with Gasteiger partial charge in [-0.15, -0.1) is 11.8 Å². The maximum Gasteiger partial charge on any atom is 0.255 e. The minimum absolute atomic E-state index is 0.0798. The van der Waals surface area contributed by atoms with Crippen molar-refractivity contribution in [1.82, 2.24) is 9.80 Å². The fourth-order valence-corrected chi connectivity index (χ4v) is 5.23. The molecule has 3 aliphatic rings. The van der Waals surface area contributed by atoms with Crippen molar-refractivity contribution < 1.29 is 19.1 Å². The molecule has 0 aliphatic carbocycles. The maximum atomic E-state index is 13.0. The maximum absolute atomic E-state index is 13.0. The van der Waals surface area contributed by atoms with Gasteiger partial charge in [0.15, 0.2) is 11.5 Å². The zero-order valence-electron chi connectivity index (χ0n) is 13.8. The second-order valence-corrected chi connectivity index (χ2v) is 8.31. The summed E-state index contributed by atoms with van der Waals surface area (Å²) in [6.45, 7) is 2.56. The topological polar surface area (TPSA) is 59.1 Å². The van der Waals surface area contributed by atoms with E-state index in [-0.39, 0.29) is 17.9 Å². The number of hydrogen-bond donors (Lipinski definition) is 0. The molecule has 3 heterocycles. The minimum Gasteiger partial charge on any atom is -0.486 e. The highest BCUT2D eigenvalue weighted by Crippen LogP contribution is 2.32. The number of ether oxygens (including phenoxy) is 2. The fraction of sp³-hybridized carbons (Fsp3) is 0.529. The van der Waals surface area contributed by atoms with Crippen molar-refractivity contribution in [2.75, 3.05) is 49.4 Å². The van der Waals surface area contributed by atoms with Crippen LogP contribution >= 0.6 is 23.5 Å². The number of thioether (sulfide) groups is 2. The summed E-state index contributed by atoms with van der Waals surface area (Å²) in [5.41, 5.74) is 0.541. The molecule has 1 atom stereocenters. The van der Waals surface area contributed by atoms with Crippen LogP contribution in [0.15, 0.2) is 18.2 Å². The highest BCUT2D eigenvalue weighted by atomic mass is 32.2. The first kappa shape index (κ1) is 16.9. The summed E-state index contributed by atoms with van der Waals surface area (Å²) in [4.78, 5) is 29.4. The van der Waals surface area contributed by atoms with Crippen LogP contribution in [0.3, 0.4) is 0 Å². The molecule has 0 spiro atoms. The normalized spacial score (nSPS) is 22.8. The second-order valence-electron chi connectivity index (χ2n) is 6.09. The first-order valence-corrected chi connectivity index (χ1v) is 10.7. The lowest BCUT2D eigenvalue weighted by Gasteiger charge is -2.32. The summed E-state index contributed by atoms with van der Waals surface area (Å²) < 4.78 is 11.1. The third-order valence-corrected chi connectivity index (χ3v) is 6.49. The number of fused-ring (bicyclic) bond motifs is 1. The Morgan fingerprint density at radius 1 is 1.04 bits per heavy atom. The molecule has 25 heavy (non-hydrogen) atoms. The molecule has 8 heteroatoms. The van der Waals surface area contributed by atoms with E-state index in [0.29, 0.717) is 41.9 Å². The summed E-state index contributed by atoms with van der Waals surface area (Å²) in [5.74, 6) is 4.38. The number of carbonyl (C=O) groups is 2. The SMILES string of the molecule is O=C(C1CSCN1C(=O)c1ccc2c(c1)OCCO2)N1CCSCC1. The van der Waals surface area contributed by atoms with Gasteiger partial charge in [0.25, 0.3) is 5.91 Å². The van der Waals surface area contributed by atoms with E-state index in [1.165, 1.54) is 0 Å². The van der Waals surface area contributed by atoms with Crippen LogP contribution in [0, 0.1) is 0 Å². The Kier molecular flexibility index (Phi) is 4.98. The van der Waals surface area contributed by atoms with E-state index in [0.717, 1.165) is 24.6 Å². The Labute approximate surface area is 155 Å². The van der Waals surface area contributed by atoms with Gasteiger partial charge in [0.2, 0.25) is 5.91 Å². The van der Waals surface area contributed by atoms with Crippen molar-refractivity contribution in [2.45, 2.75) is 6.04 Å². The number of hydrogen-bond acceptors (Lipinski definition) is 6. The molecule has 0 radical (unpaired) electrons. The molecule has 3 aliphatic heterocycles. The van der Waals surface area contributed by atoms with Gasteiger partial charge in [-0.1, -0.05) is 0 Å². The summed E-state index contributed by atoms with van der Waals surface area (Å²) >= 11 is 3.50. The lowest BCUT2D eigenvalue weighted by atomic mass is 10.1. The molecular weight excluding hydrogens is 360 g/mol. The van der Waals surface area contributed by atoms with Crippen LogP contribution in [0.1, 0.15) is 10.4 Å². The predicted octanol–water partition coefficient (Wildman–Crippen LogP) is 1.55. The number of benzene rings is 1. The Morgan fingerprint density at radius 2 is 1.80 bits per heavy atom. The standard InChI is InChI=1S/C17H20N2O4S2/c20-16(12-1-2-14-15(9-12)23-6-5-22-14)19-11-25-10-13(19)17(21)18-3-7-24-8-4-18/h1-2,9,13H,3-8,10-11H2. The Hall–Kier alpha value is -1.54. The molecule has 4 rings (SSSR count). The summed E-state index contributed by atoms with van der Waals surface area (Å²) in [7, 11) is 0. The molecule has 0 bridgehead atoms. The van der Waals surface area contributed by atoms with E-state index < -0.39 is 0 Å². The molecule has 0 N–H and O–H groups in total. The summed E-state index contributed by atoms with van der Waals surface area (Å²) in [5, 5.41) is 0. The summed E-state index contributed by atoms with van der Waals surface area (Å²) in [6.07, 6.45) is 0. The van der Waals surface area contributed by atoms with Crippen LogP contribution in [-0.2, 0) is 4.79 Å². The Bertz CT molecular complexity index is 679. The molecule has 2 amide bonds. The van der Waals surface area contributed by atoms with Gasteiger partial charge in [-0.3, -0.25) is 9.59 Å². The van der Waals surface area contributed by atoms with E-state index in [2.05, 4.69) is 0 Å². The molecule has 1 aromatic carbocycles. The van der Waals surface area contributed by atoms with Crippen molar-refractivity contribution in [3.05, 3.63) is 23.8 Å². The van der Waals surface area contributed by atoms with Gasteiger partial charge in [-0.2, -0.15) is 11.8 Å². The smallest absolute Gasteiger partial charge is 0.255 e. The molecule has 134 valence electrons. The van der Waals surface area contributed by atoms with E-state index in [1.54, 1.807) is 34.9 Å². The number of nitrogens with zero attached hydrogens (tertiary/aromatic N) is 2. The van der Waals surface area contributed by atoms with Crippen LogP contribution in [0.5, 0.6) is 11.5 Å². The zero-order chi connectivity index (χ0) is 17.2. The van der Waals surface area contributed by atoms with E-state index in [9.17, 15) is 9.59 Å². The fourth-order valence-electron chi connectivity index (χ4n) is 3.18. The lowest BCUT2D eigenvalue weighted by molar-refractivity contribution is -0.134. The number of amides is 2. The van der Waals surface area contributed by atoms with Crippen molar-refractivity contribution in [1.29, 1.82) is 0 Å².